The Hall–Kier alpha value is -2.99. The Kier molecular flexibility index (Phi) is 5.45. The minimum Gasteiger partial charge on any atom is -0.378 e. The molecular formula is C23H24FN3O2. The number of anilines is 2. The molecule has 1 aliphatic rings. The number of aromatic nitrogens is 1. The number of amides is 1. The van der Waals surface area contributed by atoms with Crippen LogP contribution >= 0.6 is 0 Å². The van der Waals surface area contributed by atoms with Crippen LogP contribution in [0, 0.1) is 5.82 Å². The molecule has 0 saturated carbocycles. The van der Waals surface area contributed by atoms with Crippen LogP contribution < -0.4 is 5.32 Å². The van der Waals surface area contributed by atoms with Crippen molar-refractivity contribution in [2.45, 2.75) is 19.8 Å². The monoisotopic (exact) mass is 393 g/mol. The molecule has 1 saturated heterocycles. The molecule has 1 N–H and O–H groups in total. The van der Waals surface area contributed by atoms with Gasteiger partial charge in [-0.15, -0.1) is 0 Å². The Bertz CT molecular complexity index is 1030. The van der Waals surface area contributed by atoms with Crippen LogP contribution in [-0.4, -0.2) is 42.1 Å². The summed E-state index contributed by atoms with van der Waals surface area (Å²) in [4.78, 5) is 19.3. The molecule has 1 amide bonds. The first-order valence-corrected chi connectivity index (χ1v) is 9.85. The molecule has 0 unspecified atom stereocenters. The largest absolute Gasteiger partial charge is 0.378 e. The van der Waals surface area contributed by atoms with E-state index in [0.29, 0.717) is 54.4 Å². The van der Waals surface area contributed by atoms with E-state index in [1.807, 2.05) is 12.1 Å². The van der Waals surface area contributed by atoms with Crippen LogP contribution in [0.4, 0.5) is 15.8 Å². The fourth-order valence-electron chi connectivity index (χ4n) is 3.49. The summed E-state index contributed by atoms with van der Waals surface area (Å²) in [7, 11) is 0. The first-order chi connectivity index (χ1) is 14.0. The molecule has 0 bridgehead atoms. The molecule has 150 valence electrons. The number of pyridine rings is 1. The minimum atomic E-state index is -0.367. The van der Waals surface area contributed by atoms with Crippen LogP contribution in [-0.2, 0) is 4.74 Å². The van der Waals surface area contributed by atoms with Gasteiger partial charge in [-0.3, -0.25) is 9.78 Å². The smallest absolute Gasteiger partial charge is 0.257 e. The highest BCUT2D eigenvalue weighted by Crippen LogP contribution is 2.31. The van der Waals surface area contributed by atoms with Crippen LogP contribution in [0.1, 0.15) is 35.7 Å². The third kappa shape index (κ3) is 4.07. The van der Waals surface area contributed by atoms with Gasteiger partial charge in [-0.05, 0) is 41.8 Å². The highest BCUT2D eigenvalue weighted by atomic mass is 19.1. The van der Waals surface area contributed by atoms with Crippen molar-refractivity contribution in [2.24, 2.45) is 0 Å². The fourth-order valence-corrected chi connectivity index (χ4v) is 3.49. The lowest BCUT2D eigenvalue weighted by Crippen LogP contribution is -2.41. The maximum Gasteiger partial charge on any atom is 0.257 e. The number of ether oxygens (including phenoxy) is 1. The number of nitrogens with zero attached hydrogens (tertiary/aromatic N) is 2. The molecule has 1 fully saturated rings. The molecule has 0 atom stereocenters. The average molecular weight is 393 g/mol. The Morgan fingerprint density at radius 2 is 1.86 bits per heavy atom. The molecule has 2 aromatic carbocycles. The minimum absolute atomic E-state index is 0.131. The van der Waals surface area contributed by atoms with Crippen molar-refractivity contribution in [1.82, 2.24) is 9.88 Å². The number of hydrogen-bond acceptors (Lipinski definition) is 4. The van der Waals surface area contributed by atoms with Crippen molar-refractivity contribution in [2.75, 3.05) is 31.6 Å². The number of carbonyl (C=O) groups is 1. The number of benzene rings is 2. The van der Waals surface area contributed by atoms with E-state index in [1.54, 1.807) is 17.2 Å². The predicted molar refractivity (Wildman–Crippen MR) is 112 cm³/mol. The van der Waals surface area contributed by atoms with Crippen molar-refractivity contribution in [3.8, 4) is 0 Å². The summed E-state index contributed by atoms with van der Waals surface area (Å²) in [6.07, 6.45) is 1.57. The molecule has 2 heterocycles. The number of carbonyl (C=O) groups excluding carboxylic acids is 1. The molecule has 29 heavy (non-hydrogen) atoms. The second kappa shape index (κ2) is 8.17. The zero-order chi connectivity index (χ0) is 20.4. The number of rotatable bonds is 4. The van der Waals surface area contributed by atoms with E-state index >= 15 is 0 Å². The lowest BCUT2D eigenvalue weighted by molar-refractivity contribution is 0.0303. The van der Waals surface area contributed by atoms with Gasteiger partial charge in [0.2, 0.25) is 0 Å². The summed E-state index contributed by atoms with van der Waals surface area (Å²) < 4.78 is 19.4. The summed E-state index contributed by atoms with van der Waals surface area (Å²) in [5.74, 6) is -0.0694. The summed E-state index contributed by atoms with van der Waals surface area (Å²) in [5, 5.41) is 3.92. The van der Waals surface area contributed by atoms with E-state index in [2.05, 4.69) is 36.3 Å². The summed E-state index contributed by atoms with van der Waals surface area (Å²) in [6.45, 7) is 6.37. The lowest BCUT2D eigenvalue weighted by Gasteiger charge is -2.28. The lowest BCUT2D eigenvalue weighted by atomic mass is 10.0. The van der Waals surface area contributed by atoms with Gasteiger partial charge in [-0.25, -0.2) is 4.39 Å². The third-order valence-corrected chi connectivity index (χ3v) is 5.21. The van der Waals surface area contributed by atoms with Gasteiger partial charge >= 0.3 is 0 Å². The zero-order valence-electron chi connectivity index (χ0n) is 16.6. The number of fused-ring (bicyclic) bond motifs is 1. The van der Waals surface area contributed by atoms with Gasteiger partial charge in [0.15, 0.2) is 0 Å². The second-order valence-electron chi connectivity index (χ2n) is 7.51. The molecule has 1 aliphatic heterocycles. The van der Waals surface area contributed by atoms with Crippen molar-refractivity contribution in [3.05, 3.63) is 65.6 Å². The SMILES string of the molecule is CC(C)c1ccc(Nc2c(C(=O)N3CCOCC3)cnc3ccc(F)cc23)cc1. The van der Waals surface area contributed by atoms with Crippen molar-refractivity contribution in [1.29, 1.82) is 0 Å². The average Bonchev–Trinajstić information content (AvgIpc) is 2.74. The van der Waals surface area contributed by atoms with Crippen LogP contribution in [0.15, 0.2) is 48.7 Å². The van der Waals surface area contributed by atoms with E-state index in [-0.39, 0.29) is 11.7 Å². The van der Waals surface area contributed by atoms with Gasteiger partial charge in [0.25, 0.3) is 5.91 Å². The van der Waals surface area contributed by atoms with E-state index in [0.717, 1.165) is 5.69 Å². The summed E-state index contributed by atoms with van der Waals surface area (Å²) in [5.41, 5.74) is 3.69. The molecule has 6 heteroatoms. The van der Waals surface area contributed by atoms with E-state index < -0.39 is 0 Å². The number of morpholine rings is 1. The molecule has 0 aliphatic carbocycles. The molecule has 3 aromatic rings. The number of hydrogen-bond donors (Lipinski definition) is 1. The first-order valence-electron chi connectivity index (χ1n) is 9.85. The number of halogens is 1. The van der Waals surface area contributed by atoms with E-state index in [4.69, 9.17) is 4.74 Å². The second-order valence-corrected chi connectivity index (χ2v) is 7.51. The van der Waals surface area contributed by atoms with Gasteiger partial charge in [-0.1, -0.05) is 26.0 Å². The van der Waals surface area contributed by atoms with E-state index in [9.17, 15) is 9.18 Å². The Morgan fingerprint density at radius 1 is 1.14 bits per heavy atom. The van der Waals surface area contributed by atoms with Gasteiger partial charge in [0.05, 0.1) is 30.0 Å². The van der Waals surface area contributed by atoms with Gasteiger partial charge in [0, 0.05) is 30.4 Å². The fraction of sp³-hybridized carbons (Fsp3) is 0.304. The van der Waals surface area contributed by atoms with Crippen molar-refractivity contribution in [3.63, 3.8) is 0 Å². The van der Waals surface area contributed by atoms with Crippen molar-refractivity contribution >= 4 is 28.2 Å². The Labute approximate surface area is 169 Å². The maximum absolute atomic E-state index is 14.0. The van der Waals surface area contributed by atoms with Crippen LogP contribution in [0.2, 0.25) is 0 Å². The zero-order valence-corrected chi connectivity index (χ0v) is 16.6. The predicted octanol–water partition coefficient (Wildman–Crippen LogP) is 4.71. The first kappa shape index (κ1) is 19.3. The van der Waals surface area contributed by atoms with Crippen LogP contribution in [0.3, 0.4) is 0 Å². The van der Waals surface area contributed by atoms with E-state index in [1.165, 1.54) is 17.7 Å². The quantitative estimate of drug-likeness (QED) is 0.697. The normalized spacial score (nSPS) is 14.4. The highest BCUT2D eigenvalue weighted by molar-refractivity contribution is 6.08. The topological polar surface area (TPSA) is 54.5 Å². The van der Waals surface area contributed by atoms with Crippen LogP contribution in [0.5, 0.6) is 0 Å². The highest BCUT2D eigenvalue weighted by Gasteiger charge is 2.23. The summed E-state index contributed by atoms with van der Waals surface area (Å²) >= 11 is 0. The molecule has 4 rings (SSSR count). The maximum atomic E-state index is 14.0. The van der Waals surface area contributed by atoms with Crippen LogP contribution in [0.25, 0.3) is 10.9 Å². The molecular weight excluding hydrogens is 369 g/mol. The molecule has 5 nitrogen and oxygen atoms in total. The molecule has 0 spiro atoms. The molecule has 0 radical (unpaired) electrons. The van der Waals surface area contributed by atoms with Crippen molar-refractivity contribution < 1.29 is 13.9 Å². The third-order valence-electron chi connectivity index (χ3n) is 5.21. The Balaban J connectivity index is 1.77. The Morgan fingerprint density at radius 3 is 2.55 bits per heavy atom. The molecule has 1 aromatic heterocycles. The van der Waals surface area contributed by atoms with Gasteiger partial charge in [-0.2, -0.15) is 0 Å². The summed E-state index contributed by atoms with van der Waals surface area (Å²) in [6, 6.07) is 12.5. The van der Waals surface area contributed by atoms with Gasteiger partial charge < -0.3 is 15.0 Å². The number of nitrogens with one attached hydrogen (secondary N) is 1. The van der Waals surface area contributed by atoms with Gasteiger partial charge in [0.1, 0.15) is 5.82 Å². The standard InChI is InChI=1S/C23H24FN3O2/c1-15(2)16-3-6-18(7-4-16)26-22-19-13-17(24)5-8-21(19)25-14-20(22)23(28)27-9-11-29-12-10-27/h3-8,13-15H,9-12H2,1-2H3,(H,25,26).